The molecule has 7 heteroatoms. The molecule has 0 unspecified atom stereocenters. The molecule has 0 radical (unpaired) electrons. The number of para-hydroxylation sites is 1. The van der Waals surface area contributed by atoms with Crippen molar-refractivity contribution in [2.75, 3.05) is 20.2 Å². The molecule has 0 amide bonds. The van der Waals surface area contributed by atoms with Gasteiger partial charge in [0, 0.05) is 6.54 Å². The number of nitrogens with one attached hydrogen (secondary N) is 1. The molecule has 1 heterocycles. The van der Waals surface area contributed by atoms with Gasteiger partial charge in [-0.2, -0.15) is 18.3 Å². The Balaban J connectivity index is 2.24. The SMILES string of the molecule is CNCCOc1cnn(-c2ccccc2C(F)(F)F)c1. The first kappa shape index (κ1) is 14.4. The number of ether oxygens (including phenoxy) is 1. The van der Waals surface area contributed by atoms with Crippen molar-refractivity contribution in [3.63, 3.8) is 0 Å². The van der Waals surface area contributed by atoms with Crippen molar-refractivity contribution in [2.24, 2.45) is 0 Å². The van der Waals surface area contributed by atoms with E-state index in [0.29, 0.717) is 18.9 Å². The second-order valence-corrected chi connectivity index (χ2v) is 4.09. The van der Waals surface area contributed by atoms with E-state index in [0.717, 1.165) is 10.7 Å². The smallest absolute Gasteiger partial charge is 0.418 e. The minimum atomic E-state index is -4.42. The maximum atomic E-state index is 12.9. The van der Waals surface area contributed by atoms with Crippen LogP contribution in [0, 0.1) is 0 Å². The number of hydrogen-bond acceptors (Lipinski definition) is 3. The summed E-state index contributed by atoms with van der Waals surface area (Å²) in [5.41, 5.74) is -0.756. The molecule has 0 spiro atoms. The Labute approximate surface area is 114 Å². The number of alkyl halides is 3. The van der Waals surface area contributed by atoms with Crippen LogP contribution in [0.2, 0.25) is 0 Å². The lowest BCUT2D eigenvalue weighted by atomic mass is 10.2. The molecule has 0 aliphatic rings. The van der Waals surface area contributed by atoms with E-state index in [1.54, 1.807) is 7.05 Å². The van der Waals surface area contributed by atoms with Crippen LogP contribution in [-0.2, 0) is 6.18 Å². The molecule has 2 aromatic rings. The molecule has 4 nitrogen and oxygen atoms in total. The minimum absolute atomic E-state index is 0.0246. The summed E-state index contributed by atoms with van der Waals surface area (Å²) < 4.78 is 45.2. The second-order valence-electron chi connectivity index (χ2n) is 4.09. The number of hydrogen-bond donors (Lipinski definition) is 1. The van der Waals surface area contributed by atoms with Crippen molar-refractivity contribution in [2.45, 2.75) is 6.18 Å². The van der Waals surface area contributed by atoms with Crippen LogP contribution in [0.3, 0.4) is 0 Å². The van der Waals surface area contributed by atoms with Crippen LogP contribution >= 0.6 is 0 Å². The van der Waals surface area contributed by atoms with Crippen LogP contribution in [0.4, 0.5) is 13.2 Å². The molecular weight excluding hydrogens is 271 g/mol. The number of halogens is 3. The molecular formula is C13H14F3N3O. The summed E-state index contributed by atoms with van der Waals surface area (Å²) in [6.07, 6.45) is -1.60. The van der Waals surface area contributed by atoms with E-state index in [4.69, 9.17) is 4.74 Å². The predicted octanol–water partition coefficient (Wildman–Crippen LogP) is 2.49. The van der Waals surface area contributed by atoms with Crippen molar-refractivity contribution in [1.29, 1.82) is 0 Å². The normalized spacial score (nSPS) is 11.6. The minimum Gasteiger partial charge on any atom is -0.489 e. The largest absolute Gasteiger partial charge is 0.489 e. The summed E-state index contributed by atoms with van der Waals surface area (Å²) in [7, 11) is 1.78. The molecule has 20 heavy (non-hydrogen) atoms. The van der Waals surface area contributed by atoms with E-state index in [9.17, 15) is 13.2 Å². The third kappa shape index (κ3) is 3.30. The van der Waals surface area contributed by atoms with Crippen molar-refractivity contribution in [1.82, 2.24) is 15.1 Å². The number of nitrogens with zero attached hydrogens (tertiary/aromatic N) is 2. The van der Waals surface area contributed by atoms with Crippen molar-refractivity contribution >= 4 is 0 Å². The van der Waals surface area contributed by atoms with Gasteiger partial charge >= 0.3 is 6.18 Å². The number of rotatable bonds is 5. The highest BCUT2D eigenvalue weighted by Gasteiger charge is 2.33. The highest BCUT2D eigenvalue weighted by Crippen LogP contribution is 2.33. The molecule has 1 N–H and O–H groups in total. The van der Waals surface area contributed by atoms with Gasteiger partial charge in [0.05, 0.1) is 23.6 Å². The van der Waals surface area contributed by atoms with Crippen molar-refractivity contribution in [3.05, 3.63) is 42.2 Å². The van der Waals surface area contributed by atoms with Gasteiger partial charge in [0.2, 0.25) is 0 Å². The first-order valence-corrected chi connectivity index (χ1v) is 6.01. The molecule has 0 saturated heterocycles. The van der Waals surface area contributed by atoms with Gasteiger partial charge in [0.15, 0.2) is 5.75 Å². The fourth-order valence-electron chi connectivity index (χ4n) is 1.70. The zero-order valence-electron chi connectivity index (χ0n) is 10.8. The monoisotopic (exact) mass is 285 g/mol. The van der Waals surface area contributed by atoms with Crippen LogP contribution in [-0.4, -0.2) is 30.0 Å². The average Bonchev–Trinajstić information content (AvgIpc) is 2.87. The van der Waals surface area contributed by atoms with E-state index in [2.05, 4.69) is 10.4 Å². The summed E-state index contributed by atoms with van der Waals surface area (Å²) in [6, 6.07) is 5.28. The number of benzene rings is 1. The zero-order valence-corrected chi connectivity index (χ0v) is 10.8. The van der Waals surface area contributed by atoms with Crippen LogP contribution in [0.1, 0.15) is 5.56 Å². The van der Waals surface area contributed by atoms with Gasteiger partial charge in [-0.1, -0.05) is 12.1 Å². The lowest BCUT2D eigenvalue weighted by molar-refractivity contribution is -0.137. The zero-order chi connectivity index (χ0) is 14.6. The van der Waals surface area contributed by atoms with Gasteiger partial charge in [0.25, 0.3) is 0 Å². The Morgan fingerprint density at radius 1 is 1.30 bits per heavy atom. The Bertz CT molecular complexity index is 566. The highest BCUT2D eigenvalue weighted by atomic mass is 19.4. The summed E-state index contributed by atoms with van der Waals surface area (Å²) >= 11 is 0. The molecule has 0 bridgehead atoms. The number of aromatic nitrogens is 2. The van der Waals surface area contributed by atoms with Gasteiger partial charge < -0.3 is 10.1 Å². The first-order chi connectivity index (χ1) is 9.52. The van der Waals surface area contributed by atoms with E-state index in [1.165, 1.54) is 30.6 Å². The molecule has 0 saturated carbocycles. The Kier molecular flexibility index (Phi) is 4.29. The predicted molar refractivity (Wildman–Crippen MR) is 68.0 cm³/mol. The third-order valence-electron chi connectivity index (χ3n) is 2.64. The van der Waals surface area contributed by atoms with Gasteiger partial charge in [-0.3, -0.25) is 0 Å². The fraction of sp³-hybridized carbons (Fsp3) is 0.308. The molecule has 108 valence electrons. The van der Waals surface area contributed by atoms with E-state index in [1.807, 2.05) is 0 Å². The van der Waals surface area contributed by atoms with Crippen LogP contribution in [0.25, 0.3) is 5.69 Å². The van der Waals surface area contributed by atoms with Crippen molar-refractivity contribution in [3.8, 4) is 11.4 Å². The van der Waals surface area contributed by atoms with Crippen LogP contribution < -0.4 is 10.1 Å². The molecule has 0 aliphatic heterocycles. The Morgan fingerprint density at radius 3 is 2.75 bits per heavy atom. The Hall–Kier alpha value is -2.02. The van der Waals surface area contributed by atoms with E-state index in [-0.39, 0.29) is 5.69 Å². The fourth-order valence-corrected chi connectivity index (χ4v) is 1.70. The van der Waals surface area contributed by atoms with Crippen LogP contribution in [0.5, 0.6) is 5.75 Å². The quantitative estimate of drug-likeness (QED) is 0.858. The second kappa shape index (κ2) is 5.96. The molecule has 0 atom stereocenters. The summed E-state index contributed by atoms with van der Waals surface area (Å²) in [6.45, 7) is 1.06. The first-order valence-electron chi connectivity index (χ1n) is 6.01. The molecule has 1 aromatic heterocycles. The molecule has 0 fully saturated rings. The summed E-state index contributed by atoms with van der Waals surface area (Å²) in [5, 5.41) is 6.82. The number of likely N-dealkylation sites (N-methyl/N-ethyl adjacent to an activating group) is 1. The van der Waals surface area contributed by atoms with Gasteiger partial charge in [-0.15, -0.1) is 0 Å². The maximum Gasteiger partial charge on any atom is 0.418 e. The highest BCUT2D eigenvalue weighted by molar-refractivity contribution is 5.42. The molecule has 0 aliphatic carbocycles. The summed E-state index contributed by atoms with van der Waals surface area (Å²) in [5.74, 6) is 0.428. The maximum absolute atomic E-state index is 12.9. The van der Waals surface area contributed by atoms with E-state index >= 15 is 0 Å². The average molecular weight is 285 g/mol. The standard InChI is InChI=1S/C13H14F3N3O/c1-17-6-7-20-10-8-18-19(9-10)12-5-3-2-4-11(12)13(14,15)16/h2-5,8-9,17H,6-7H2,1H3. The van der Waals surface area contributed by atoms with Crippen LogP contribution in [0.15, 0.2) is 36.7 Å². The Morgan fingerprint density at radius 2 is 2.05 bits per heavy atom. The third-order valence-corrected chi connectivity index (χ3v) is 2.64. The summed E-state index contributed by atoms with van der Waals surface area (Å²) in [4.78, 5) is 0. The molecule has 2 rings (SSSR count). The van der Waals surface area contributed by atoms with E-state index < -0.39 is 11.7 Å². The van der Waals surface area contributed by atoms with Gasteiger partial charge in [-0.05, 0) is 19.2 Å². The molecule has 1 aromatic carbocycles. The topological polar surface area (TPSA) is 39.1 Å². The van der Waals surface area contributed by atoms with Gasteiger partial charge in [-0.25, -0.2) is 4.68 Å². The van der Waals surface area contributed by atoms with Crippen molar-refractivity contribution < 1.29 is 17.9 Å². The lowest BCUT2D eigenvalue weighted by Crippen LogP contribution is -2.15. The van der Waals surface area contributed by atoms with Gasteiger partial charge in [0.1, 0.15) is 6.61 Å². The lowest BCUT2D eigenvalue weighted by Gasteiger charge is -2.12.